The van der Waals surface area contributed by atoms with Crippen LogP contribution in [-0.4, -0.2) is 68.1 Å². The van der Waals surface area contributed by atoms with Crippen LogP contribution in [0.4, 0.5) is 14.6 Å². The second-order valence-corrected chi connectivity index (χ2v) is 8.72. The van der Waals surface area contributed by atoms with Gasteiger partial charge in [-0.05, 0) is 38.2 Å². The molecule has 1 atom stereocenters. The lowest BCUT2D eigenvalue weighted by molar-refractivity contribution is -0.0361. The predicted octanol–water partition coefficient (Wildman–Crippen LogP) is 3.08. The highest BCUT2D eigenvalue weighted by Crippen LogP contribution is 2.35. The summed E-state index contributed by atoms with van der Waals surface area (Å²) >= 11 is 0. The molecule has 0 spiro atoms. The SMILES string of the molecule is O=Cc1ccn(-c2nc(NC3CCC(F)(F)CC3)cc(OC3CCN(C4CC4)C3)n2)n1. The molecule has 5 rings (SSSR count). The standard InChI is InChI=1S/C21H26F2N6O2/c22-21(23)7-3-14(4-8-21)24-18-11-19(31-17-6-9-28(12-17)16-1-2-16)26-20(25-18)29-10-5-15(13-30)27-29/h5,10-11,13-14,16-17H,1-4,6-9,12H2,(H,24,25,26). The molecule has 0 bridgehead atoms. The van der Waals surface area contributed by atoms with Crippen LogP contribution < -0.4 is 10.1 Å². The summed E-state index contributed by atoms with van der Waals surface area (Å²) in [7, 11) is 0. The third-order valence-electron chi connectivity index (χ3n) is 6.22. The highest BCUT2D eigenvalue weighted by molar-refractivity contribution is 5.71. The van der Waals surface area contributed by atoms with Crippen LogP contribution in [0.1, 0.15) is 55.4 Å². The van der Waals surface area contributed by atoms with Gasteiger partial charge in [-0.2, -0.15) is 15.1 Å². The van der Waals surface area contributed by atoms with Gasteiger partial charge in [-0.1, -0.05) is 0 Å². The summed E-state index contributed by atoms with van der Waals surface area (Å²) in [5.41, 5.74) is 0.273. The minimum atomic E-state index is -2.58. The number of aldehydes is 1. The number of nitrogens with zero attached hydrogens (tertiary/aromatic N) is 5. The topological polar surface area (TPSA) is 85.2 Å². The van der Waals surface area contributed by atoms with Gasteiger partial charge >= 0.3 is 0 Å². The Morgan fingerprint density at radius 3 is 2.68 bits per heavy atom. The van der Waals surface area contributed by atoms with E-state index in [9.17, 15) is 13.6 Å². The minimum absolute atomic E-state index is 0.0488. The molecule has 8 nitrogen and oxygen atoms in total. The first-order valence-corrected chi connectivity index (χ1v) is 10.9. The van der Waals surface area contributed by atoms with E-state index < -0.39 is 5.92 Å². The van der Waals surface area contributed by atoms with Gasteiger partial charge in [-0.15, -0.1) is 0 Å². The lowest BCUT2D eigenvalue weighted by atomic mass is 9.92. The van der Waals surface area contributed by atoms with Crippen LogP contribution in [0.2, 0.25) is 0 Å². The van der Waals surface area contributed by atoms with Crippen LogP contribution in [0.5, 0.6) is 5.88 Å². The molecule has 31 heavy (non-hydrogen) atoms. The molecule has 1 unspecified atom stereocenters. The molecule has 0 aromatic carbocycles. The predicted molar refractivity (Wildman–Crippen MR) is 109 cm³/mol. The monoisotopic (exact) mass is 432 g/mol. The number of ether oxygens (including phenoxy) is 1. The first-order chi connectivity index (χ1) is 15.0. The van der Waals surface area contributed by atoms with Crippen molar-refractivity contribution in [1.82, 2.24) is 24.6 Å². The molecule has 1 N–H and O–H groups in total. The number of rotatable bonds is 7. The minimum Gasteiger partial charge on any atom is -0.473 e. The molecule has 2 aliphatic carbocycles. The summed E-state index contributed by atoms with van der Waals surface area (Å²) in [4.78, 5) is 22.4. The zero-order valence-electron chi connectivity index (χ0n) is 17.2. The number of alkyl halides is 2. The van der Waals surface area contributed by atoms with Gasteiger partial charge < -0.3 is 10.1 Å². The van der Waals surface area contributed by atoms with Crippen molar-refractivity contribution in [2.75, 3.05) is 18.4 Å². The van der Waals surface area contributed by atoms with Gasteiger partial charge in [-0.25, -0.2) is 13.5 Å². The molecule has 0 amide bonds. The number of nitrogens with one attached hydrogen (secondary N) is 1. The van der Waals surface area contributed by atoms with E-state index in [0.29, 0.717) is 36.9 Å². The Morgan fingerprint density at radius 2 is 1.97 bits per heavy atom. The van der Waals surface area contributed by atoms with Crippen LogP contribution >= 0.6 is 0 Å². The summed E-state index contributed by atoms with van der Waals surface area (Å²) < 4.78 is 34.6. The van der Waals surface area contributed by atoms with Crippen LogP contribution in [0, 0.1) is 0 Å². The molecule has 3 aliphatic rings. The second kappa shape index (κ2) is 8.14. The van der Waals surface area contributed by atoms with Crippen molar-refractivity contribution in [1.29, 1.82) is 0 Å². The summed E-state index contributed by atoms with van der Waals surface area (Å²) in [6.45, 7) is 1.90. The van der Waals surface area contributed by atoms with Gasteiger partial charge in [0, 0.05) is 50.3 Å². The normalized spacial score (nSPS) is 24.3. The Hall–Kier alpha value is -2.62. The Kier molecular flexibility index (Phi) is 5.33. The van der Waals surface area contributed by atoms with Crippen LogP contribution in [0.3, 0.4) is 0 Å². The van der Waals surface area contributed by atoms with E-state index in [1.165, 1.54) is 17.5 Å². The number of hydrogen-bond acceptors (Lipinski definition) is 7. The number of anilines is 1. The quantitative estimate of drug-likeness (QED) is 0.673. The average Bonchev–Trinajstić information content (AvgIpc) is 3.30. The maximum Gasteiger partial charge on any atom is 0.255 e. The van der Waals surface area contributed by atoms with Gasteiger partial charge in [0.05, 0.1) is 0 Å². The molecular formula is C21H26F2N6O2. The Labute approximate surface area is 179 Å². The van der Waals surface area contributed by atoms with E-state index in [4.69, 9.17) is 4.74 Å². The molecule has 3 heterocycles. The first-order valence-electron chi connectivity index (χ1n) is 10.9. The molecule has 1 saturated heterocycles. The van der Waals surface area contributed by atoms with Crippen LogP contribution in [-0.2, 0) is 0 Å². The Bertz CT molecular complexity index is 915. The fourth-order valence-electron chi connectivity index (χ4n) is 4.35. The number of halogens is 2. The largest absolute Gasteiger partial charge is 0.473 e. The van der Waals surface area contributed by atoms with Crippen molar-refractivity contribution in [3.63, 3.8) is 0 Å². The highest BCUT2D eigenvalue weighted by Gasteiger charge is 2.36. The van der Waals surface area contributed by atoms with Gasteiger partial charge in [0.1, 0.15) is 17.6 Å². The highest BCUT2D eigenvalue weighted by atomic mass is 19.3. The van der Waals surface area contributed by atoms with Gasteiger partial charge in [-0.3, -0.25) is 9.69 Å². The fourth-order valence-corrected chi connectivity index (χ4v) is 4.35. The molecule has 3 fully saturated rings. The summed E-state index contributed by atoms with van der Waals surface area (Å²) in [5.74, 6) is -1.39. The van der Waals surface area contributed by atoms with Crippen molar-refractivity contribution in [3.8, 4) is 11.8 Å². The number of aromatic nitrogens is 4. The molecule has 1 aliphatic heterocycles. The van der Waals surface area contributed by atoms with E-state index in [0.717, 1.165) is 19.5 Å². The van der Waals surface area contributed by atoms with Crippen molar-refractivity contribution < 1.29 is 18.3 Å². The van der Waals surface area contributed by atoms with E-state index in [-0.39, 0.29) is 36.6 Å². The van der Waals surface area contributed by atoms with E-state index in [1.54, 1.807) is 18.3 Å². The van der Waals surface area contributed by atoms with Crippen LogP contribution in [0.25, 0.3) is 5.95 Å². The summed E-state index contributed by atoms with van der Waals surface area (Å²) in [6, 6.07) is 3.91. The molecule has 0 radical (unpaired) electrons. The molecular weight excluding hydrogens is 406 g/mol. The number of carbonyl (C=O) groups excluding carboxylic acids is 1. The molecule has 2 aromatic rings. The maximum absolute atomic E-state index is 13.5. The lowest BCUT2D eigenvalue weighted by Crippen LogP contribution is -2.32. The van der Waals surface area contributed by atoms with E-state index in [2.05, 4.69) is 25.3 Å². The number of likely N-dealkylation sites (tertiary alicyclic amines) is 1. The van der Waals surface area contributed by atoms with Crippen molar-refractivity contribution in [2.45, 2.75) is 69.1 Å². The summed E-state index contributed by atoms with van der Waals surface area (Å²) in [6.07, 6.45) is 6.26. The molecule has 166 valence electrons. The smallest absolute Gasteiger partial charge is 0.255 e. The second-order valence-electron chi connectivity index (χ2n) is 8.72. The average molecular weight is 432 g/mol. The zero-order chi connectivity index (χ0) is 21.4. The van der Waals surface area contributed by atoms with E-state index >= 15 is 0 Å². The van der Waals surface area contributed by atoms with Gasteiger partial charge in [0.25, 0.3) is 5.95 Å². The van der Waals surface area contributed by atoms with Crippen molar-refractivity contribution >= 4 is 12.1 Å². The summed E-state index contributed by atoms with van der Waals surface area (Å²) in [5, 5.41) is 7.42. The van der Waals surface area contributed by atoms with Crippen molar-refractivity contribution in [3.05, 3.63) is 24.0 Å². The van der Waals surface area contributed by atoms with Gasteiger partial charge in [0.2, 0.25) is 11.8 Å². The molecule has 2 saturated carbocycles. The van der Waals surface area contributed by atoms with Crippen LogP contribution in [0.15, 0.2) is 18.3 Å². The Balaban J connectivity index is 1.35. The lowest BCUT2D eigenvalue weighted by Gasteiger charge is -2.29. The number of hydrogen-bond donors (Lipinski definition) is 1. The van der Waals surface area contributed by atoms with Crippen molar-refractivity contribution in [2.24, 2.45) is 0 Å². The third kappa shape index (κ3) is 4.84. The van der Waals surface area contributed by atoms with E-state index in [1.807, 2.05) is 0 Å². The maximum atomic E-state index is 13.5. The number of carbonyl (C=O) groups is 1. The first kappa shape index (κ1) is 20.3. The fraction of sp³-hybridized carbons (Fsp3) is 0.619. The molecule has 10 heteroatoms. The Morgan fingerprint density at radius 1 is 1.16 bits per heavy atom. The zero-order valence-corrected chi connectivity index (χ0v) is 17.2. The van der Waals surface area contributed by atoms with Gasteiger partial charge in [0.15, 0.2) is 6.29 Å². The third-order valence-corrected chi connectivity index (χ3v) is 6.22. The molecule has 2 aromatic heterocycles.